The Labute approximate surface area is 175 Å². The van der Waals surface area contributed by atoms with Crippen LogP contribution in [0.2, 0.25) is 0 Å². The Morgan fingerprint density at radius 2 is 1.00 bits per heavy atom. The third-order valence-corrected chi connectivity index (χ3v) is 4.04. The molecular weight excluding hydrogens is 384 g/mol. The van der Waals surface area contributed by atoms with Crippen LogP contribution in [0.3, 0.4) is 0 Å². The average molecular weight is 406 g/mol. The lowest BCUT2D eigenvalue weighted by Gasteiger charge is -2.11. The Kier molecular flexibility index (Phi) is 7.05. The zero-order chi connectivity index (χ0) is 21.3. The maximum absolute atomic E-state index is 12.6. The number of carbonyl (C=O) groups excluding carboxylic acids is 2. The van der Waals surface area contributed by atoms with Gasteiger partial charge in [0.05, 0.1) is 24.3 Å². The van der Waals surface area contributed by atoms with Gasteiger partial charge >= 0.3 is 11.9 Å². The number of hydrogen-bond donors (Lipinski definition) is 0. The summed E-state index contributed by atoms with van der Waals surface area (Å²) in [6.45, 7) is 4.58. The monoisotopic (exact) mass is 406 g/mol. The van der Waals surface area contributed by atoms with Gasteiger partial charge in [0.25, 0.3) is 0 Å². The van der Waals surface area contributed by atoms with Crippen LogP contribution in [0.1, 0.15) is 34.6 Å². The molecule has 0 aliphatic heterocycles. The highest BCUT2D eigenvalue weighted by Crippen LogP contribution is 2.28. The Morgan fingerprint density at radius 3 is 1.40 bits per heavy atom. The van der Waals surface area contributed by atoms with E-state index in [-0.39, 0.29) is 11.1 Å². The Balaban J connectivity index is 1.76. The van der Waals surface area contributed by atoms with Crippen LogP contribution in [0.25, 0.3) is 0 Å². The summed E-state index contributed by atoms with van der Waals surface area (Å²) >= 11 is 0. The lowest BCUT2D eigenvalue weighted by atomic mass is 10.1. The predicted octanol–water partition coefficient (Wildman–Crippen LogP) is 4.92. The first kappa shape index (κ1) is 20.9. The highest BCUT2D eigenvalue weighted by atomic mass is 16.6. The Morgan fingerprint density at radius 1 is 0.600 bits per heavy atom. The molecule has 0 radical (unpaired) electrons. The number of carbonyl (C=O) groups is 2. The van der Waals surface area contributed by atoms with E-state index in [2.05, 4.69) is 0 Å². The number of ether oxygens (including phenoxy) is 4. The Hall–Kier alpha value is -3.80. The van der Waals surface area contributed by atoms with E-state index in [4.69, 9.17) is 18.9 Å². The molecule has 0 aliphatic rings. The van der Waals surface area contributed by atoms with Crippen LogP contribution in [-0.4, -0.2) is 25.2 Å². The summed E-state index contributed by atoms with van der Waals surface area (Å²) in [7, 11) is 0. The van der Waals surface area contributed by atoms with Crippen LogP contribution in [0.5, 0.6) is 23.0 Å². The molecule has 0 saturated carbocycles. The number of esters is 2. The first-order valence-corrected chi connectivity index (χ1v) is 9.60. The topological polar surface area (TPSA) is 71.1 Å². The second-order valence-corrected chi connectivity index (χ2v) is 6.12. The van der Waals surface area contributed by atoms with Crippen molar-refractivity contribution >= 4 is 11.9 Å². The predicted molar refractivity (Wildman–Crippen MR) is 112 cm³/mol. The molecule has 3 rings (SSSR count). The van der Waals surface area contributed by atoms with Crippen LogP contribution < -0.4 is 18.9 Å². The summed E-state index contributed by atoms with van der Waals surface area (Å²) in [5, 5.41) is 0. The molecule has 0 saturated heterocycles. The molecule has 6 heteroatoms. The van der Waals surface area contributed by atoms with E-state index in [1.165, 1.54) is 6.07 Å². The molecule has 0 heterocycles. The van der Waals surface area contributed by atoms with Crippen LogP contribution >= 0.6 is 0 Å². The van der Waals surface area contributed by atoms with Gasteiger partial charge in [-0.3, -0.25) is 0 Å². The summed E-state index contributed by atoms with van der Waals surface area (Å²) in [6, 6.07) is 19.9. The van der Waals surface area contributed by atoms with Crippen molar-refractivity contribution in [3.05, 3.63) is 83.9 Å². The molecule has 0 atom stereocenters. The number of para-hydroxylation sites is 4. The fraction of sp³-hybridized carbons (Fsp3) is 0.167. The molecule has 0 unspecified atom stereocenters. The summed E-state index contributed by atoms with van der Waals surface area (Å²) in [6.07, 6.45) is 0. The van der Waals surface area contributed by atoms with Gasteiger partial charge in [0, 0.05) is 0 Å². The smallest absolute Gasteiger partial charge is 0.343 e. The second kappa shape index (κ2) is 10.1. The van der Waals surface area contributed by atoms with Crippen molar-refractivity contribution in [3.8, 4) is 23.0 Å². The maximum atomic E-state index is 12.6. The first-order valence-electron chi connectivity index (χ1n) is 9.60. The van der Waals surface area contributed by atoms with Gasteiger partial charge in [-0.15, -0.1) is 0 Å². The third kappa shape index (κ3) is 5.17. The standard InChI is InChI=1S/C24H22O6/c1-3-27-19-12-5-7-14-21(19)29-23(25)17-10-9-11-18(16-17)24(26)30-22-15-8-6-13-20(22)28-4-2/h5-16H,3-4H2,1-2H3. The van der Waals surface area contributed by atoms with Gasteiger partial charge in [-0.1, -0.05) is 30.3 Å². The molecule has 6 nitrogen and oxygen atoms in total. The van der Waals surface area contributed by atoms with E-state index in [0.717, 1.165) is 0 Å². The van der Waals surface area contributed by atoms with Gasteiger partial charge < -0.3 is 18.9 Å². The van der Waals surface area contributed by atoms with Crippen LogP contribution in [-0.2, 0) is 0 Å². The average Bonchev–Trinajstić information content (AvgIpc) is 2.77. The van der Waals surface area contributed by atoms with Gasteiger partial charge in [0.15, 0.2) is 23.0 Å². The van der Waals surface area contributed by atoms with Crippen LogP contribution in [0, 0.1) is 0 Å². The van der Waals surface area contributed by atoms with E-state index in [1.54, 1.807) is 66.7 Å². The summed E-state index contributed by atoms with van der Waals surface area (Å²) < 4.78 is 21.8. The lowest BCUT2D eigenvalue weighted by Crippen LogP contribution is -2.13. The van der Waals surface area contributed by atoms with Crippen molar-refractivity contribution in [2.45, 2.75) is 13.8 Å². The molecule has 0 aromatic heterocycles. The van der Waals surface area contributed by atoms with Crippen molar-refractivity contribution in [2.75, 3.05) is 13.2 Å². The molecule has 0 spiro atoms. The minimum atomic E-state index is -0.605. The third-order valence-electron chi connectivity index (χ3n) is 4.04. The summed E-state index contributed by atoms with van der Waals surface area (Å²) in [4.78, 5) is 25.2. The van der Waals surface area contributed by atoms with E-state index in [0.29, 0.717) is 36.2 Å². The highest BCUT2D eigenvalue weighted by Gasteiger charge is 2.17. The van der Waals surface area contributed by atoms with Gasteiger partial charge in [0.1, 0.15) is 0 Å². The molecule has 3 aromatic carbocycles. The minimum Gasteiger partial charge on any atom is -0.490 e. The quantitative estimate of drug-likeness (QED) is 0.391. The van der Waals surface area contributed by atoms with Gasteiger partial charge in [0.2, 0.25) is 0 Å². The maximum Gasteiger partial charge on any atom is 0.343 e. The van der Waals surface area contributed by atoms with Crippen molar-refractivity contribution < 1.29 is 28.5 Å². The molecule has 0 fully saturated rings. The normalized spacial score (nSPS) is 10.2. The molecule has 0 bridgehead atoms. The Bertz CT molecular complexity index is 949. The largest absolute Gasteiger partial charge is 0.490 e. The minimum absolute atomic E-state index is 0.217. The SMILES string of the molecule is CCOc1ccccc1OC(=O)c1cccc(C(=O)Oc2ccccc2OCC)c1. The molecule has 154 valence electrons. The highest BCUT2D eigenvalue weighted by molar-refractivity contribution is 5.97. The van der Waals surface area contributed by atoms with Crippen molar-refractivity contribution in [1.29, 1.82) is 0 Å². The van der Waals surface area contributed by atoms with Gasteiger partial charge in [-0.05, 0) is 56.3 Å². The van der Waals surface area contributed by atoms with Gasteiger partial charge in [-0.25, -0.2) is 9.59 Å². The van der Waals surface area contributed by atoms with Crippen molar-refractivity contribution in [2.24, 2.45) is 0 Å². The second-order valence-electron chi connectivity index (χ2n) is 6.12. The lowest BCUT2D eigenvalue weighted by molar-refractivity contribution is 0.0728. The number of hydrogen-bond acceptors (Lipinski definition) is 6. The van der Waals surface area contributed by atoms with E-state index in [1.807, 2.05) is 13.8 Å². The van der Waals surface area contributed by atoms with E-state index in [9.17, 15) is 9.59 Å². The summed E-state index contributed by atoms with van der Waals surface area (Å²) in [5.41, 5.74) is 0.433. The fourth-order valence-electron chi connectivity index (χ4n) is 2.71. The summed E-state index contributed by atoms with van der Waals surface area (Å²) in [5.74, 6) is 0.344. The van der Waals surface area contributed by atoms with Gasteiger partial charge in [-0.2, -0.15) is 0 Å². The molecule has 30 heavy (non-hydrogen) atoms. The van der Waals surface area contributed by atoms with Crippen molar-refractivity contribution in [1.82, 2.24) is 0 Å². The van der Waals surface area contributed by atoms with Crippen molar-refractivity contribution in [3.63, 3.8) is 0 Å². The molecule has 3 aromatic rings. The van der Waals surface area contributed by atoms with Crippen LogP contribution in [0.15, 0.2) is 72.8 Å². The molecule has 0 N–H and O–H groups in total. The van der Waals surface area contributed by atoms with E-state index < -0.39 is 11.9 Å². The molecule has 0 amide bonds. The zero-order valence-electron chi connectivity index (χ0n) is 16.8. The zero-order valence-corrected chi connectivity index (χ0v) is 16.8. The number of benzene rings is 3. The first-order chi connectivity index (χ1) is 14.6. The fourth-order valence-corrected chi connectivity index (χ4v) is 2.71. The number of rotatable bonds is 8. The molecule has 0 aliphatic carbocycles. The van der Waals surface area contributed by atoms with E-state index >= 15 is 0 Å². The molecular formula is C24H22O6. The van der Waals surface area contributed by atoms with Crippen LogP contribution in [0.4, 0.5) is 0 Å².